The largest absolute Gasteiger partial charge is 0.326 e. The summed E-state index contributed by atoms with van der Waals surface area (Å²) >= 11 is 1.47. The second-order valence-corrected chi connectivity index (χ2v) is 5.81. The van der Waals surface area contributed by atoms with E-state index in [9.17, 15) is 13.6 Å². The average molecular weight is 337 g/mol. The van der Waals surface area contributed by atoms with Crippen LogP contribution in [0.4, 0.5) is 14.5 Å². The van der Waals surface area contributed by atoms with E-state index in [2.05, 4.69) is 15.3 Å². The monoisotopic (exact) mass is 337 g/mol. The summed E-state index contributed by atoms with van der Waals surface area (Å²) in [7, 11) is 0. The van der Waals surface area contributed by atoms with E-state index in [4.69, 9.17) is 0 Å². The summed E-state index contributed by atoms with van der Waals surface area (Å²) < 4.78 is 26.0. The number of carbonyl (C=O) groups excluding carboxylic acids is 1. The first-order chi connectivity index (χ1) is 10.9. The van der Waals surface area contributed by atoms with Gasteiger partial charge in [-0.25, -0.2) is 18.7 Å². The summed E-state index contributed by atoms with van der Waals surface area (Å²) in [5.41, 5.74) is 2.87. The quantitative estimate of drug-likeness (QED) is 0.668. The molecule has 1 amide bonds. The molecule has 1 aromatic heterocycles. The Balaban J connectivity index is 2.00. The lowest BCUT2D eigenvalue weighted by Crippen LogP contribution is -2.14. The molecule has 2 aromatic rings. The molecule has 0 fully saturated rings. The van der Waals surface area contributed by atoms with Crippen LogP contribution in [0.15, 0.2) is 23.4 Å². The number of nitrogens with zero attached hydrogens (tertiary/aromatic N) is 2. The highest BCUT2D eigenvalue weighted by atomic mass is 32.2. The number of thioether (sulfide) groups is 1. The van der Waals surface area contributed by atoms with Crippen LogP contribution in [0, 0.1) is 25.5 Å². The van der Waals surface area contributed by atoms with Crippen LogP contribution in [0.5, 0.6) is 0 Å². The molecule has 0 saturated heterocycles. The lowest BCUT2D eigenvalue weighted by Gasteiger charge is -2.10. The first kappa shape index (κ1) is 17.3. The third kappa shape index (κ3) is 4.48. The van der Waals surface area contributed by atoms with Crippen molar-refractivity contribution in [1.82, 2.24) is 9.97 Å². The van der Waals surface area contributed by atoms with E-state index in [-0.39, 0.29) is 18.0 Å². The molecular weight excluding hydrogens is 320 g/mol. The Bertz CT molecular complexity index is 714. The summed E-state index contributed by atoms with van der Waals surface area (Å²) in [5, 5.41) is 3.25. The number of aromatic nitrogens is 2. The molecule has 0 spiro atoms. The Morgan fingerprint density at radius 1 is 1.17 bits per heavy atom. The fourth-order valence-electron chi connectivity index (χ4n) is 2.20. The molecular formula is C16H17F2N3OS. The SMILES string of the molecule is CSc1nc(C)c(CCC(=O)Nc2ccc(F)c(F)c2)c(C)n1. The summed E-state index contributed by atoms with van der Waals surface area (Å²) in [6, 6.07) is 3.26. The molecule has 122 valence electrons. The fourth-order valence-corrected chi connectivity index (χ4v) is 2.65. The second-order valence-electron chi connectivity index (χ2n) is 5.04. The van der Waals surface area contributed by atoms with Crippen molar-refractivity contribution in [2.45, 2.75) is 31.8 Å². The van der Waals surface area contributed by atoms with E-state index >= 15 is 0 Å². The van der Waals surface area contributed by atoms with Gasteiger partial charge in [0.05, 0.1) is 0 Å². The number of benzene rings is 1. The fraction of sp³-hybridized carbons (Fsp3) is 0.312. The van der Waals surface area contributed by atoms with Crippen LogP contribution in [-0.4, -0.2) is 22.1 Å². The molecule has 0 aliphatic heterocycles. The molecule has 23 heavy (non-hydrogen) atoms. The lowest BCUT2D eigenvalue weighted by molar-refractivity contribution is -0.116. The number of nitrogens with one attached hydrogen (secondary N) is 1. The Labute approximate surface area is 137 Å². The van der Waals surface area contributed by atoms with Gasteiger partial charge >= 0.3 is 0 Å². The zero-order valence-electron chi connectivity index (χ0n) is 13.1. The van der Waals surface area contributed by atoms with E-state index in [0.29, 0.717) is 11.6 Å². The number of aryl methyl sites for hydroxylation is 2. The molecule has 0 radical (unpaired) electrons. The summed E-state index contributed by atoms with van der Waals surface area (Å²) in [6.45, 7) is 3.77. The number of anilines is 1. The van der Waals surface area contributed by atoms with Gasteiger partial charge in [-0.15, -0.1) is 0 Å². The predicted molar refractivity (Wildman–Crippen MR) is 86.6 cm³/mol. The standard InChI is InChI=1S/C16H17F2N3OS/c1-9-12(10(2)20-16(19-9)23-3)5-7-15(22)21-11-4-6-13(17)14(18)8-11/h4,6,8H,5,7H2,1-3H3,(H,21,22). The van der Waals surface area contributed by atoms with Gasteiger partial charge in [-0.1, -0.05) is 11.8 Å². The maximum atomic E-state index is 13.1. The zero-order valence-corrected chi connectivity index (χ0v) is 13.9. The molecule has 0 aliphatic rings. The Morgan fingerprint density at radius 3 is 2.39 bits per heavy atom. The van der Waals surface area contributed by atoms with Crippen LogP contribution in [0.1, 0.15) is 23.4 Å². The highest BCUT2D eigenvalue weighted by Gasteiger charge is 2.11. The summed E-state index contributed by atoms with van der Waals surface area (Å²) in [6.07, 6.45) is 2.60. The minimum Gasteiger partial charge on any atom is -0.326 e. The molecule has 2 rings (SSSR count). The minimum absolute atomic E-state index is 0.211. The summed E-state index contributed by atoms with van der Waals surface area (Å²) in [5.74, 6) is -2.21. The first-order valence-corrected chi connectivity index (χ1v) is 8.26. The van der Waals surface area contributed by atoms with Crippen molar-refractivity contribution in [1.29, 1.82) is 0 Å². The van der Waals surface area contributed by atoms with Gasteiger partial charge in [-0.05, 0) is 44.2 Å². The lowest BCUT2D eigenvalue weighted by atomic mass is 10.1. The van der Waals surface area contributed by atoms with Crippen LogP contribution in [-0.2, 0) is 11.2 Å². The molecule has 4 nitrogen and oxygen atoms in total. The zero-order chi connectivity index (χ0) is 17.0. The van der Waals surface area contributed by atoms with Crippen molar-refractivity contribution in [3.8, 4) is 0 Å². The normalized spacial score (nSPS) is 10.7. The van der Waals surface area contributed by atoms with E-state index in [1.165, 1.54) is 17.8 Å². The van der Waals surface area contributed by atoms with Crippen molar-refractivity contribution in [2.24, 2.45) is 0 Å². The van der Waals surface area contributed by atoms with Crippen LogP contribution >= 0.6 is 11.8 Å². The smallest absolute Gasteiger partial charge is 0.224 e. The molecule has 0 bridgehead atoms. The number of carbonyl (C=O) groups is 1. The molecule has 1 heterocycles. The number of hydrogen-bond donors (Lipinski definition) is 1. The predicted octanol–water partition coefficient (Wildman–Crippen LogP) is 3.66. The number of amides is 1. The number of hydrogen-bond acceptors (Lipinski definition) is 4. The van der Waals surface area contributed by atoms with Gasteiger partial charge in [-0.3, -0.25) is 4.79 Å². The first-order valence-electron chi connectivity index (χ1n) is 7.03. The summed E-state index contributed by atoms with van der Waals surface area (Å²) in [4.78, 5) is 20.7. The Hall–Kier alpha value is -2.02. The molecule has 1 aromatic carbocycles. The van der Waals surface area contributed by atoms with Gasteiger partial charge < -0.3 is 5.32 Å². The van der Waals surface area contributed by atoms with Crippen molar-refractivity contribution in [2.75, 3.05) is 11.6 Å². The third-order valence-corrected chi connectivity index (χ3v) is 3.94. The Kier molecular flexibility index (Phi) is 5.65. The topological polar surface area (TPSA) is 54.9 Å². The molecule has 7 heteroatoms. The average Bonchev–Trinajstić information content (AvgIpc) is 2.50. The molecule has 0 unspecified atom stereocenters. The van der Waals surface area contributed by atoms with E-state index in [0.717, 1.165) is 29.1 Å². The van der Waals surface area contributed by atoms with Crippen LogP contribution in [0.2, 0.25) is 0 Å². The van der Waals surface area contributed by atoms with Crippen LogP contribution in [0.25, 0.3) is 0 Å². The van der Waals surface area contributed by atoms with Crippen molar-refractivity contribution in [3.63, 3.8) is 0 Å². The molecule has 1 N–H and O–H groups in total. The second kappa shape index (κ2) is 7.50. The number of rotatable bonds is 5. The van der Waals surface area contributed by atoms with Crippen LogP contribution < -0.4 is 5.32 Å². The van der Waals surface area contributed by atoms with E-state index in [1.54, 1.807) is 0 Å². The van der Waals surface area contributed by atoms with Gasteiger partial charge in [0, 0.05) is 29.6 Å². The van der Waals surface area contributed by atoms with Gasteiger partial charge in [0.25, 0.3) is 0 Å². The highest BCUT2D eigenvalue weighted by Crippen LogP contribution is 2.18. The van der Waals surface area contributed by atoms with E-state index < -0.39 is 11.6 Å². The van der Waals surface area contributed by atoms with Gasteiger partial charge in [0.1, 0.15) is 0 Å². The van der Waals surface area contributed by atoms with Crippen molar-refractivity contribution < 1.29 is 13.6 Å². The minimum atomic E-state index is -0.990. The van der Waals surface area contributed by atoms with Gasteiger partial charge in [-0.2, -0.15) is 0 Å². The number of halogens is 2. The van der Waals surface area contributed by atoms with Gasteiger partial charge in [0.15, 0.2) is 16.8 Å². The molecule has 0 saturated carbocycles. The van der Waals surface area contributed by atoms with Crippen LogP contribution in [0.3, 0.4) is 0 Å². The van der Waals surface area contributed by atoms with Crippen molar-refractivity contribution in [3.05, 3.63) is 46.8 Å². The van der Waals surface area contributed by atoms with Crippen molar-refractivity contribution >= 4 is 23.4 Å². The van der Waals surface area contributed by atoms with E-state index in [1.807, 2.05) is 20.1 Å². The highest BCUT2D eigenvalue weighted by molar-refractivity contribution is 7.98. The maximum absolute atomic E-state index is 13.1. The molecule has 0 aliphatic carbocycles. The molecule has 0 atom stereocenters. The maximum Gasteiger partial charge on any atom is 0.224 e. The Morgan fingerprint density at radius 2 is 1.83 bits per heavy atom. The third-order valence-electron chi connectivity index (χ3n) is 3.39. The van der Waals surface area contributed by atoms with Gasteiger partial charge in [0.2, 0.25) is 5.91 Å².